The van der Waals surface area contributed by atoms with Crippen LogP contribution in [-0.4, -0.2) is 40.1 Å². The quantitative estimate of drug-likeness (QED) is 0.923. The first-order chi connectivity index (χ1) is 9.66. The largest absolute Gasteiger partial charge is 0.377 e. The molecule has 0 radical (unpaired) electrons. The Morgan fingerprint density at radius 1 is 1.55 bits per heavy atom. The number of aryl methyl sites for hydroxylation is 1. The SMILES string of the molecule is Cn1cccc1[C@H]1COCCN1C(=O)c1cc(Cl)c[nH]1. The van der Waals surface area contributed by atoms with Crippen molar-refractivity contribution >= 4 is 17.5 Å². The van der Waals surface area contributed by atoms with Gasteiger partial charge in [-0.05, 0) is 18.2 Å². The van der Waals surface area contributed by atoms with Crippen molar-refractivity contribution in [2.24, 2.45) is 7.05 Å². The zero-order valence-corrected chi connectivity index (χ0v) is 11.9. The molecule has 6 heteroatoms. The summed E-state index contributed by atoms with van der Waals surface area (Å²) in [6, 6.07) is 5.57. The second-order valence-corrected chi connectivity index (χ2v) is 5.30. The Kier molecular flexibility index (Phi) is 3.54. The molecule has 3 heterocycles. The third-order valence-electron chi connectivity index (χ3n) is 3.59. The molecule has 2 aromatic heterocycles. The third-order valence-corrected chi connectivity index (χ3v) is 3.81. The lowest BCUT2D eigenvalue weighted by Gasteiger charge is -2.35. The van der Waals surface area contributed by atoms with Crippen LogP contribution in [0.5, 0.6) is 0 Å². The summed E-state index contributed by atoms with van der Waals surface area (Å²) < 4.78 is 7.55. The van der Waals surface area contributed by atoms with E-state index in [4.69, 9.17) is 16.3 Å². The lowest BCUT2D eigenvalue weighted by Crippen LogP contribution is -2.44. The number of aromatic nitrogens is 2. The van der Waals surface area contributed by atoms with E-state index in [0.29, 0.717) is 30.5 Å². The Morgan fingerprint density at radius 2 is 2.40 bits per heavy atom. The summed E-state index contributed by atoms with van der Waals surface area (Å²) in [5.41, 5.74) is 1.58. The van der Waals surface area contributed by atoms with Crippen LogP contribution in [0, 0.1) is 0 Å². The number of carbonyl (C=O) groups excluding carboxylic acids is 1. The molecule has 0 bridgehead atoms. The second-order valence-electron chi connectivity index (χ2n) is 4.86. The van der Waals surface area contributed by atoms with Gasteiger partial charge in [0.05, 0.1) is 24.3 Å². The number of H-pyrrole nitrogens is 1. The molecular formula is C14H16ClN3O2. The maximum Gasteiger partial charge on any atom is 0.271 e. The molecule has 1 atom stereocenters. The number of morpholine rings is 1. The topological polar surface area (TPSA) is 50.3 Å². The second kappa shape index (κ2) is 5.34. The summed E-state index contributed by atoms with van der Waals surface area (Å²) in [5.74, 6) is -0.0496. The number of nitrogens with zero attached hydrogens (tertiary/aromatic N) is 2. The Morgan fingerprint density at radius 3 is 3.05 bits per heavy atom. The van der Waals surface area contributed by atoms with E-state index in [9.17, 15) is 4.79 Å². The standard InChI is InChI=1S/C14H16ClN3O2/c1-17-4-2-3-12(17)13-9-20-6-5-18(13)14(19)11-7-10(15)8-16-11/h2-4,7-8,13,16H,5-6,9H2,1H3/t13-/m1/s1. The van der Waals surface area contributed by atoms with Crippen molar-refractivity contribution in [1.82, 2.24) is 14.5 Å². The number of hydrogen-bond acceptors (Lipinski definition) is 2. The molecule has 1 saturated heterocycles. The Hall–Kier alpha value is -1.72. The number of carbonyl (C=O) groups is 1. The van der Waals surface area contributed by atoms with Gasteiger partial charge >= 0.3 is 0 Å². The van der Waals surface area contributed by atoms with Crippen LogP contribution < -0.4 is 0 Å². The first-order valence-electron chi connectivity index (χ1n) is 6.50. The predicted octanol–water partition coefficient (Wildman–Crippen LogP) is 2.22. The highest BCUT2D eigenvalue weighted by Crippen LogP contribution is 2.26. The molecule has 1 N–H and O–H groups in total. The van der Waals surface area contributed by atoms with Crippen molar-refractivity contribution in [3.63, 3.8) is 0 Å². The summed E-state index contributed by atoms with van der Waals surface area (Å²) in [6.45, 7) is 1.64. The van der Waals surface area contributed by atoms with Crippen molar-refractivity contribution in [1.29, 1.82) is 0 Å². The van der Waals surface area contributed by atoms with Crippen molar-refractivity contribution in [3.8, 4) is 0 Å². The normalized spacial score (nSPS) is 19.3. The average Bonchev–Trinajstić information content (AvgIpc) is 3.07. The van der Waals surface area contributed by atoms with Gasteiger partial charge in [-0.1, -0.05) is 11.6 Å². The van der Waals surface area contributed by atoms with Crippen molar-refractivity contribution < 1.29 is 9.53 Å². The van der Waals surface area contributed by atoms with E-state index >= 15 is 0 Å². The molecule has 1 amide bonds. The van der Waals surface area contributed by atoms with Gasteiger partial charge in [0.15, 0.2) is 0 Å². The Labute approximate surface area is 122 Å². The molecule has 2 aromatic rings. The number of aromatic amines is 1. The van der Waals surface area contributed by atoms with Crippen LogP contribution in [0.2, 0.25) is 5.02 Å². The minimum absolute atomic E-state index is 0.0496. The fourth-order valence-electron chi connectivity index (χ4n) is 2.56. The minimum atomic E-state index is -0.0710. The molecule has 106 valence electrons. The highest BCUT2D eigenvalue weighted by molar-refractivity contribution is 6.30. The first kappa shape index (κ1) is 13.3. The van der Waals surface area contributed by atoms with E-state index in [1.165, 1.54) is 0 Å². The first-order valence-corrected chi connectivity index (χ1v) is 6.88. The van der Waals surface area contributed by atoms with E-state index in [1.54, 1.807) is 12.3 Å². The summed E-state index contributed by atoms with van der Waals surface area (Å²) in [6.07, 6.45) is 3.59. The maximum absolute atomic E-state index is 12.6. The summed E-state index contributed by atoms with van der Waals surface area (Å²) in [4.78, 5) is 17.3. The van der Waals surface area contributed by atoms with Crippen LogP contribution in [0.15, 0.2) is 30.6 Å². The molecule has 1 aliphatic heterocycles. The van der Waals surface area contributed by atoms with E-state index in [0.717, 1.165) is 5.69 Å². The molecular weight excluding hydrogens is 278 g/mol. The van der Waals surface area contributed by atoms with E-state index in [2.05, 4.69) is 4.98 Å². The summed E-state index contributed by atoms with van der Waals surface area (Å²) in [5, 5.41) is 0.539. The Bertz CT molecular complexity index is 619. The Balaban J connectivity index is 1.89. The molecule has 3 rings (SSSR count). The number of hydrogen-bond donors (Lipinski definition) is 1. The monoisotopic (exact) mass is 293 g/mol. The van der Waals surface area contributed by atoms with Crippen LogP contribution >= 0.6 is 11.6 Å². The van der Waals surface area contributed by atoms with Crippen LogP contribution in [0.4, 0.5) is 0 Å². The molecule has 0 spiro atoms. The van der Waals surface area contributed by atoms with Gasteiger partial charge < -0.3 is 19.2 Å². The number of amides is 1. The number of rotatable bonds is 2. The van der Waals surface area contributed by atoms with Gasteiger partial charge in [-0.2, -0.15) is 0 Å². The molecule has 20 heavy (non-hydrogen) atoms. The van der Waals surface area contributed by atoms with Gasteiger partial charge in [-0.25, -0.2) is 0 Å². The predicted molar refractivity (Wildman–Crippen MR) is 75.8 cm³/mol. The number of halogens is 1. The minimum Gasteiger partial charge on any atom is -0.377 e. The third kappa shape index (κ3) is 2.34. The maximum atomic E-state index is 12.6. The fourth-order valence-corrected chi connectivity index (χ4v) is 2.72. The molecule has 5 nitrogen and oxygen atoms in total. The van der Waals surface area contributed by atoms with Gasteiger partial charge in [-0.3, -0.25) is 4.79 Å². The molecule has 0 saturated carbocycles. The van der Waals surface area contributed by atoms with Gasteiger partial charge in [-0.15, -0.1) is 0 Å². The lowest BCUT2D eigenvalue weighted by molar-refractivity contribution is -0.00490. The molecule has 0 aromatic carbocycles. The van der Waals surface area contributed by atoms with Crippen LogP contribution in [0.3, 0.4) is 0 Å². The van der Waals surface area contributed by atoms with Crippen LogP contribution in [0.1, 0.15) is 22.2 Å². The summed E-state index contributed by atoms with van der Waals surface area (Å²) >= 11 is 5.87. The van der Waals surface area contributed by atoms with Crippen LogP contribution in [0.25, 0.3) is 0 Å². The fraction of sp³-hybridized carbons (Fsp3) is 0.357. The van der Waals surface area contributed by atoms with Crippen molar-refractivity contribution in [2.45, 2.75) is 6.04 Å². The van der Waals surface area contributed by atoms with Gasteiger partial charge in [0.2, 0.25) is 0 Å². The van der Waals surface area contributed by atoms with Gasteiger partial charge in [0.25, 0.3) is 5.91 Å². The smallest absolute Gasteiger partial charge is 0.271 e. The molecule has 0 unspecified atom stereocenters. The highest BCUT2D eigenvalue weighted by Gasteiger charge is 2.31. The average molecular weight is 294 g/mol. The van der Waals surface area contributed by atoms with Crippen molar-refractivity contribution in [3.05, 3.63) is 47.0 Å². The molecule has 1 aliphatic rings. The van der Waals surface area contributed by atoms with Gasteiger partial charge in [0.1, 0.15) is 5.69 Å². The van der Waals surface area contributed by atoms with Crippen LogP contribution in [-0.2, 0) is 11.8 Å². The van der Waals surface area contributed by atoms with Gasteiger partial charge in [0, 0.05) is 31.7 Å². The summed E-state index contributed by atoms with van der Waals surface area (Å²) in [7, 11) is 1.97. The highest BCUT2D eigenvalue weighted by atomic mass is 35.5. The number of ether oxygens (including phenoxy) is 1. The molecule has 0 aliphatic carbocycles. The zero-order valence-electron chi connectivity index (χ0n) is 11.2. The van der Waals surface area contributed by atoms with E-state index < -0.39 is 0 Å². The number of nitrogens with one attached hydrogen (secondary N) is 1. The van der Waals surface area contributed by atoms with E-state index in [-0.39, 0.29) is 11.9 Å². The lowest BCUT2D eigenvalue weighted by atomic mass is 10.1. The zero-order chi connectivity index (χ0) is 14.1. The molecule has 1 fully saturated rings. The van der Waals surface area contributed by atoms with Crippen molar-refractivity contribution in [2.75, 3.05) is 19.8 Å². The van der Waals surface area contributed by atoms with E-state index in [1.807, 2.05) is 34.8 Å².